The predicted octanol–water partition coefficient (Wildman–Crippen LogP) is 2.72. The molecular weight excluding hydrogens is 226 g/mol. The highest BCUT2D eigenvalue weighted by atomic mass is 16.5. The van der Waals surface area contributed by atoms with Gasteiger partial charge in [0, 0.05) is 30.5 Å². The van der Waals surface area contributed by atoms with Crippen LogP contribution in [0.25, 0.3) is 0 Å². The molecule has 2 rings (SSSR count). The summed E-state index contributed by atoms with van der Waals surface area (Å²) in [6.07, 6.45) is 4.20. The van der Waals surface area contributed by atoms with Gasteiger partial charge in [0.15, 0.2) is 5.76 Å². The molecule has 0 saturated heterocycles. The highest BCUT2D eigenvalue weighted by molar-refractivity contribution is 5.12. The molecule has 0 fully saturated rings. The van der Waals surface area contributed by atoms with Crippen LogP contribution in [0.5, 0.6) is 0 Å². The molecule has 0 saturated carbocycles. The van der Waals surface area contributed by atoms with Gasteiger partial charge in [-0.2, -0.15) is 0 Å². The zero-order valence-corrected chi connectivity index (χ0v) is 11.5. The van der Waals surface area contributed by atoms with Crippen LogP contribution in [0.3, 0.4) is 0 Å². The maximum atomic E-state index is 5.21. The van der Waals surface area contributed by atoms with Gasteiger partial charge in [-0.15, -0.1) is 0 Å². The predicted molar refractivity (Wildman–Crippen MR) is 71.4 cm³/mol. The van der Waals surface area contributed by atoms with Crippen LogP contribution in [0.4, 0.5) is 0 Å². The average molecular weight is 247 g/mol. The second-order valence-corrected chi connectivity index (χ2v) is 5.73. The Kier molecular flexibility index (Phi) is 3.57. The third-order valence-electron chi connectivity index (χ3n) is 2.65. The van der Waals surface area contributed by atoms with Gasteiger partial charge in [-0.1, -0.05) is 5.16 Å². The molecule has 18 heavy (non-hydrogen) atoms. The van der Waals surface area contributed by atoms with Crippen LogP contribution in [-0.4, -0.2) is 15.3 Å². The minimum absolute atomic E-state index is 0.143. The van der Waals surface area contributed by atoms with E-state index in [1.54, 1.807) is 0 Å². The molecule has 0 amide bonds. The SMILES string of the molecule is Cc1cc(Cn2ccc(CNC(C)(C)C)c2)on1. The Morgan fingerprint density at radius 3 is 2.78 bits per heavy atom. The fourth-order valence-corrected chi connectivity index (χ4v) is 1.73. The smallest absolute Gasteiger partial charge is 0.156 e. The van der Waals surface area contributed by atoms with Gasteiger partial charge in [-0.3, -0.25) is 0 Å². The highest BCUT2D eigenvalue weighted by Crippen LogP contribution is 2.09. The van der Waals surface area contributed by atoms with E-state index in [1.165, 1.54) is 5.56 Å². The molecule has 0 radical (unpaired) electrons. The van der Waals surface area contributed by atoms with Crippen LogP contribution in [-0.2, 0) is 13.1 Å². The Hall–Kier alpha value is -1.55. The Balaban J connectivity index is 1.94. The fraction of sp³-hybridized carbons (Fsp3) is 0.500. The van der Waals surface area contributed by atoms with E-state index in [4.69, 9.17) is 4.52 Å². The molecule has 4 nitrogen and oxygen atoms in total. The molecule has 2 aromatic heterocycles. The second-order valence-electron chi connectivity index (χ2n) is 5.73. The first-order chi connectivity index (χ1) is 8.42. The topological polar surface area (TPSA) is 43.0 Å². The number of aryl methyl sites for hydroxylation is 1. The molecule has 2 aromatic rings. The van der Waals surface area contributed by atoms with Gasteiger partial charge in [-0.25, -0.2) is 0 Å². The number of rotatable bonds is 4. The van der Waals surface area contributed by atoms with Crippen molar-refractivity contribution >= 4 is 0 Å². The first kappa shape index (κ1) is 12.9. The van der Waals surface area contributed by atoms with Crippen LogP contribution in [0.1, 0.15) is 37.8 Å². The number of nitrogens with one attached hydrogen (secondary N) is 1. The summed E-state index contributed by atoms with van der Waals surface area (Å²) >= 11 is 0. The van der Waals surface area contributed by atoms with Gasteiger partial charge in [0.1, 0.15) is 0 Å². The summed E-state index contributed by atoms with van der Waals surface area (Å²) in [5.74, 6) is 0.887. The van der Waals surface area contributed by atoms with E-state index in [9.17, 15) is 0 Å². The van der Waals surface area contributed by atoms with Crippen LogP contribution in [0, 0.1) is 6.92 Å². The third-order valence-corrected chi connectivity index (χ3v) is 2.65. The molecule has 0 aliphatic heterocycles. The maximum Gasteiger partial charge on any atom is 0.156 e. The zero-order valence-electron chi connectivity index (χ0n) is 11.5. The Labute approximate surface area is 108 Å². The van der Waals surface area contributed by atoms with E-state index >= 15 is 0 Å². The van der Waals surface area contributed by atoms with Gasteiger partial charge in [-0.05, 0) is 39.3 Å². The molecule has 0 aliphatic carbocycles. The van der Waals surface area contributed by atoms with Gasteiger partial charge in [0.2, 0.25) is 0 Å². The van der Waals surface area contributed by atoms with E-state index in [-0.39, 0.29) is 5.54 Å². The molecule has 2 heterocycles. The summed E-state index contributed by atoms with van der Waals surface area (Å²) in [6.45, 7) is 10.0. The number of nitrogens with zero attached hydrogens (tertiary/aromatic N) is 2. The lowest BCUT2D eigenvalue weighted by atomic mass is 10.1. The lowest BCUT2D eigenvalue weighted by Gasteiger charge is -2.19. The Morgan fingerprint density at radius 2 is 2.17 bits per heavy atom. The first-order valence-electron chi connectivity index (χ1n) is 6.24. The molecular formula is C14H21N3O. The van der Waals surface area contributed by atoms with Crippen molar-refractivity contribution in [2.45, 2.75) is 46.3 Å². The van der Waals surface area contributed by atoms with Crippen molar-refractivity contribution in [1.82, 2.24) is 15.0 Å². The number of hydrogen-bond acceptors (Lipinski definition) is 3. The molecule has 0 atom stereocenters. The highest BCUT2D eigenvalue weighted by Gasteiger charge is 2.09. The zero-order chi connectivity index (χ0) is 13.2. The molecule has 1 N–H and O–H groups in total. The van der Waals surface area contributed by atoms with Gasteiger partial charge in [0.25, 0.3) is 0 Å². The summed E-state index contributed by atoms with van der Waals surface area (Å²) in [5.41, 5.74) is 2.34. The normalized spacial score (nSPS) is 12.0. The van der Waals surface area contributed by atoms with Crippen molar-refractivity contribution in [3.05, 3.63) is 41.5 Å². The summed E-state index contributed by atoms with van der Waals surface area (Å²) in [5, 5.41) is 7.36. The lowest BCUT2D eigenvalue weighted by Crippen LogP contribution is -2.34. The van der Waals surface area contributed by atoms with Gasteiger partial charge >= 0.3 is 0 Å². The Bertz CT molecular complexity index is 505. The summed E-state index contributed by atoms with van der Waals surface area (Å²) in [4.78, 5) is 0. The summed E-state index contributed by atoms with van der Waals surface area (Å²) in [6, 6.07) is 4.09. The third kappa shape index (κ3) is 3.74. The lowest BCUT2D eigenvalue weighted by molar-refractivity contribution is 0.373. The van der Waals surface area contributed by atoms with E-state index in [2.05, 4.69) is 54.3 Å². The van der Waals surface area contributed by atoms with Crippen molar-refractivity contribution < 1.29 is 4.52 Å². The minimum atomic E-state index is 0.143. The molecule has 0 aromatic carbocycles. The van der Waals surface area contributed by atoms with Crippen LogP contribution < -0.4 is 5.32 Å². The largest absolute Gasteiger partial charge is 0.359 e. The van der Waals surface area contributed by atoms with Crippen molar-refractivity contribution in [2.24, 2.45) is 0 Å². The van der Waals surface area contributed by atoms with Crippen molar-refractivity contribution in [2.75, 3.05) is 0 Å². The van der Waals surface area contributed by atoms with Crippen molar-refractivity contribution in [3.8, 4) is 0 Å². The molecule has 0 aliphatic rings. The van der Waals surface area contributed by atoms with Crippen molar-refractivity contribution in [3.63, 3.8) is 0 Å². The summed E-state index contributed by atoms with van der Waals surface area (Å²) in [7, 11) is 0. The number of aromatic nitrogens is 2. The average Bonchev–Trinajstić information content (AvgIpc) is 2.85. The standard InChI is InChI=1S/C14H21N3O/c1-11-7-13(18-16-11)10-17-6-5-12(9-17)8-15-14(2,3)4/h5-7,9,15H,8,10H2,1-4H3. The Morgan fingerprint density at radius 1 is 1.39 bits per heavy atom. The van der Waals surface area contributed by atoms with Gasteiger partial charge < -0.3 is 14.4 Å². The van der Waals surface area contributed by atoms with Crippen LogP contribution in [0.2, 0.25) is 0 Å². The van der Waals surface area contributed by atoms with E-state index in [0.717, 1.165) is 24.5 Å². The number of hydrogen-bond donors (Lipinski definition) is 1. The quantitative estimate of drug-likeness (QED) is 0.903. The van der Waals surface area contributed by atoms with E-state index < -0.39 is 0 Å². The molecule has 0 unspecified atom stereocenters. The van der Waals surface area contributed by atoms with Crippen molar-refractivity contribution in [1.29, 1.82) is 0 Å². The minimum Gasteiger partial charge on any atom is -0.359 e. The van der Waals surface area contributed by atoms with Gasteiger partial charge in [0.05, 0.1) is 12.2 Å². The molecule has 0 bridgehead atoms. The molecule has 4 heteroatoms. The van der Waals surface area contributed by atoms with Crippen LogP contribution in [0.15, 0.2) is 29.0 Å². The second kappa shape index (κ2) is 4.98. The van der Waals surface area contributed by atoms with Crippen LogP contribution >= 0.6 is 0 Å². The monoisotopic (exact) mass is 247 g/mol. The van der Waals surface area contributed by atoms with E-state index in [1.807, 2.05) is 13.0 Å². The molecule has 0 spiro atoms. The summed E-state index contributed by atoms with van der Waals surface area (Å²) < 4.78 is 7.32. The molecule has 98 valence electrons. The maximum absolute atomic E-state index is 5.21. The fourth-order valence-electron chi connectivity index (χ4n) is 1.73. The van der Waals surface area contributed by atoms with E-state index in [0.29, 0.717) is 0 Å². The first-order valence-corrected chi connectivity index (χ1v) is 6.24.